The van der Waals surface area contributed by atoms with Crippen molar-refractivity contribution >= 4 is 17.3 Å². The van der Waals surface area contributed by atoms with Crippen LogP contribution < -0.4 is 10.6 Å². The number of pyridine rings is 2. The molecule has 0 saturated heterocycles. The highest BCUT2D eigenvalue weighted by molar-refractivity contribution is 5.60. The Hall–Kier alpha value is -2.70. The van der Waals surface area contributed by atoms with E-state index in [1.165, 1.54) is 12.1 Å². The largest absolute Gasteiger partial charge is 0.384 e. The van der Waals surface area contributed by atoms with Gasteiger partial charge in [0.2, 0.25) is 5.82 Å². The van der Waals surface area contributed by atoms with E-state index in [-0.39, 0.29) is 17.3 Å². The van der Waals surface area contributed by atoms with Crippen molar-refractivity contribution in [3.63, 3.8) is 0 Å². The van der Waals surface area contributed by atoms with Crippen molar-refractivity contribution in [2.45, 2.75) is 6.42 Å². The van der Waals surface area contributed by atoms with Gasteiger partial charge in [-0.1, -0.05) is 0 Å². The standard InChI is InChI=1S/C13H15N5O2/c1-17(9-6-10-4-7-15-8-5-10)13-11(18(19)20)2-3-12(14)16-13/h2-5,7-8H,6,9H2,1H3,(H2,14,16). The van der Waals surface area contributed by atoms with Crippen LogP contribution in [-0.4, -0.2) is 28.5 Å². The van der Waals surface area contributed by atoms with Crippen LogP contribution in [0.2, 0.25) is 0 Å². The van der Waals surface area contributed by atoms with Crippen LogP contribution in [0.3, 0.4) is 0 Å². The maximum absolute atomic E-state index is 11.0. The number of nitro groups is 1. The smallest absolute Gasteiger partial charge is 0.311 e. The quantitative estimate of drug-likeness (QED) is 0.657. The Morgan fingerprint density at radius 1 is 1.30 bits per heavy atom. The van der Waals surface area contributed by atoms with E-state index in [1.807, 2.05) is 12.1 Å². The van der Waals surface area contributed by atoms with E-state index in [0.29, 0.717) is 6.54 Å². The molecule has 0 aliphatic carbocycles. The van der Waals surface area contributed by atoms with Crippen molar-refractivity contribution in [2.24, 2.45) is 0 Å². The van der Waals surface area contributed by atoms with Gasteiger partial charge in [-0.05, 0) is 30.2 Å². The summed E-state index contributed by atoms with van der Waals surface area (Å²) in [5.74, 6) is 0.547. The van der Waals surface area contributed by atoms with Gasteiger partial charge in [-0.25, -0.2) is 4.98 Å². The number of anilines is 2. The van der Waals surface area contributed by atoms with Gasteiger partial charge in [-0.2, -0.15) is 0 Å². The SMILES string of the molecule is CN(CCc1ccncc1)c1nc(N)ccc1[N+](=O)[O-]. The number of nitrogens with zero attached hydrogens (tertiary/aromatic N) is 4. The Kier molecular flexibility index (Phi) is 4.09. The number of aromatic nitrogens is 2. The molecule has 2 rings (SSSR count). The summed E-state index contributed by atoms with van der Waals surface area (Å²) in [6.45, 7) is 0.599. The van der Waals surface area contributed by atoms with Crippen LogP contribution in [0.25, 0.3) is 0 Å². The molecule has 7 nitrogen and oxygen atoms in total. The number of nitrogen functional groups attached to an aromatic ring is 1. The van der Waals surface area contributed by atoms with Crippen LogP contribution in [0.4, 0.5) is 17.3 Å². The van der Waals surface area contributed by atoms with Gasteiger partial charge in [-0.15, -0.1) is 0 Å². The van der Waals surface area contributed by atoms with E-state index in [4.69, 9.17) is 5.73 Å². The van der Waals surface area contributed by atoms with E-state index in [0.717, 1.165) is 12.0 Å². The van der Waals surface area contributed by atoms with E-state index in [1.54, 1.807) is 24.3 Å². The molecule has 0 spiro atoms. The topological polar surface area (TPSA) is 98.2 Å². The van der Waals surface area contributed by atoms with E-state index < -0.39 is 4.92 Å². The number of hydrogen-bond donors (Lipinski definition) is 1. The summed E-state index contributed by atoms with van der Waals surface area (Å²) in [6, 6.07) is 6.63. The lowest BCUT2D eigenvalue weighted by molar-refractivity contribution is -0.384. The molecule has 20 heavy (non-hydrogen) atoms. The zero-order valence-corrected chi connectivity index (χ0v) is 11.1. The fraction of sp³-hybridized carbons (Fsp3) is 0.231. The fourth-order valence-corrected chi connectivity index (χ4v) is 1.83. The molecule has 7 heteroatoms. The van der Waals surface area contributed by atoms with Crippen molar-refractivity contribution in [3.05, 3.63) is 52.3 Å². The summed E-state index contributed by atoms with van der Waals surface area (Å²) >= 11 is 0. The van der Waals surface area contributed by atoms with Crippen LogP contribution >= 0.6 is 0 Å². The van der Waals surface area contributed by atoms with E-state index in [2.05, 4.69) is 9.97 Å². The van der Waals surface area contributed by atoms with Crippen molar-refractivity contribution in [1.82, 2.24) is 9.97 Å². The third-order valence-corrected chi connectivity index (χ3v) is 2.92. The summed E-state index contributed by atoms with van der Waals surface area (Å²) in [6.07, 6.45) is 4.18. The second kappa shape index (κ2) is 5.96. The lowest BCUT2D eigenvalue weighted by atomic mass is 10.2. The zero-order valence-electron chi connectivity index (χ0n) is 11.1. The molecule has 2 N–H and O–H groups in total. The first kappa shape index (κ1) is 13.7. The molecular formula is C13H15N5O2. The fourth-order valence-electron chi connectivity index (χ4n) is 1.83. The second-order valence-electron chi connectivity index (χ2n) is 4.36. The van der Waals surface area contributed by atoms with Gasteiger partial charge in [0, 0.05) is 32.1 Å². The summed E-state index contributed by atoms with van der Waals surface area (Å²) in [5.41, 5.74) is 6.67. The zero-order chi connectivity index (χ0) is 14.5. The van der Waals surface area contributed by atoms with Gasteiger partial charge in [0.25, 0.3) is 0 Å². The Labute approximate surface area is 116 Å². The molecule has 0 radical (unpaired) electrons. The van der Waals surface area contributed by atoms with Gasteiger partial charge < -0.3 is 10.6 Å². The second-order valence-corrected chi connectivity index (χ2v) is 4.36. The molecular weight excluding hydrogens is 258 g/mol. The van der Waals surface area contributed by atoms with Crippen LogP contribution in [0, 0.1) is 10.1 Å². The first-order chi connectivity index (χ1) is 9.58. The Balaban J connectivity index is 2.14. The van der Waals surface area contributed by atoms with Crippen LogP contribution in [0.5, 0.6) is 0 Å². The number of nitrogens with two attached hydrogens (primary N) is 1. The Bertz CT molecular complexity index is 603. The predicted molar refractivity (Wildman–Crippen MR) is 76.5 cm³/mol. The molecule has 0 saturated carbocycles. The van der Waals surface area contributed by atoms with Crippen LogP contribution in [0.15, 0.2) is 36.7 Å². The monoisotopic (exact) mass is 273 g/mol. The third kappa shape index (κ3) is 3.19. The number of likely N-dealkylation sites (N-methyl/N-ethyl adjacent to an activating group) is 1. The molecule has 0 aliphatic heterocycles. The van der Waals surface area contributed by atoms with Gasteiger partial charge >= 0.3 is 5.69 Å². The predicted octanol–water partition coefficient (Wildman–Crippen LogP) is 1.65. The summed E-state index contributed by atoms with van der Waals surface area (Å²) < 4.78 is 0. The molecule has 0 fully saturated rings. The minimum Gasteiger partial charge on any atom is -0.384 e. The Morgan fingerprint density at radius 2 is 2.00 bits per heavy atom. The summed E-state index contributed by atoms with van der Waals surface area (Å²) in [5, 5.41) is 11.0. The van der Waals surface area contributed by atoms with E-state index >= 15 is 0 Å². The molecule has 2 aromatic rings. The lowest BCUT2D eigenvalue weighted by Crippen LogP contribution is -2.22. The van der Waals surface area contributed by atoms with Crippen molar-refractivity contribution < 1.29 is 4.92 Å². The highest BCUT2D eigenvalue weighted by Crippen LogP contribution is 2.25. The summed E-state index contributed by atoms with van der Waals surface area (Å²) in [4.78, 5) is 20.3. The average Bonchev–Trinajstić information content (AvgIpc) is 2.45. The molecule has 0 atom stereocenters. The molecule has 0 unspecified atom stereocenters. The Morgan fingerprint density at radius 3 is 2.65 bits per heavy atom. The molecule has 0 bridgehead atoms. The minimum atomic E-state index is -0.454. The van der Waals surface area contributed by atoms with Crippen molar-refractivity contribution in [2.75, 3.05) is 24.2 Å². The molecule has 0 aromatic carbocycles. The number of hydrogen-bond acceptors (Lipinski definition) is 6. The maximum Gasteiger partial charge on any atom is 0.311 e. The van der Waals surface area contributed by atoms with Crippen LogP contribution in [-0.2, 0) is 6.42 Å². The third-order valence-electron chi connectivity index (χ3n) is 2.92. The first-order valence-electron chi connectivity index (χ1n) is 6.09. The lowest BCUT2D eigenvalue weighted by Gasteiger charge is -2.18. The van der Waals surface area contributed by atoms with Gasteiger partial charge in [0.1, 0.15) is 5.82 Å². The van der Waals surface area contributed by atoms with Gasteiger partial charge in [0.05, 0.1) is 4.92 Å². The molecule has 2 heterocycles. The normalized spacial score (nSPS) is 10.2. The minimum absolute atomic E-state index is 0.0450. The van der Waals surface area contributed by atoms with Crippen LogP contribution in [0.1, 0.15) is 5.56 Å². The average molecular weight is 273 g/mol. The molecule has 2 aromatic heterocycles. The maximum atomic E-state index is 11.0. The summed E-state index contributed by atoms with van der Waals surface area (Å²) in [7, 11) is 1.76. The highest BCUT2D eigenvalue weighted by Gasteiger charge is 2.18. The van der Waals surface area contributed by atoms with Crippen molar-refractivity contribution in [3.8, 4) is 0 Å². The van der Waals surface area contributed by atoms with Gasteiger partial charge in [-0.3, -0.25) is 15.1 Å². The number of rotatable bonds is 5. The highest BCUT2D eigenvalue weighted by atomic mass is 16.6. The van der Waals surface area contributed by atoms with E-state index in [9.17, 15) is 10.1 Å². The molecule has 0 amide bonds. The van der Waals surface area contributed by atoms with Gasteiger partial charge in [0.15, 0.2) is 0 Å². The van der Waals surface area contributed by atoms with Crippen molar-refractivity contribution in [1.29, 1.82) is 0 Å². The first-order valence-corrected chi connectivity index (χ1v) is 6.09. The molecule has 104 valence electrons. The molecule has 0 aliphatic rings.